The van der Waals surface area contributed by atoms with Crippen molar-refractivity contribution in [2.75, 3.05) is 7.05 Å². The summed E-state index contributed by atoms with van der Waals surface area (Å²) in [5.74, 6) is -2.00. The molecule has 1 atom stereocenters. The van der Waals surface area contributed by atoms with Gasteiger partial charge < -0.3 is 10.4 Å². The average Bonchev–Trinajstić information content (AvgIpc) is 2.28. The summed E-state index contributed by atoms with van der Waals surface area (Å²) in [6.07, 6.45) is 0.446. The Morgan fingerprint density at radius 2 is 2.00 bits per heavy atom. The van der Waals surface area contributed by atoms with Crippen LogP contribution in [0.2, 0.25) is 0 Å². The van der Waals surface area contributed by atoms with E-state index in [0.717, 1.165) is 5.01 Å². The zero-order valence-electron chi connectivity index (χ0n) is 10.6. The molecule has 0 spiro atoms. The number of hydrogen-bond donors (Lipinski definition) is 2. The number of carbonyl (C=O) groups excluding carboxylic acids is 2. The molecule has 1 aliphatic heterocycles. The molecule has 7 nitrogen and oxygen atoms in total. The normalized spacial score (nSPS) is 17.4. The van der Waals surface area contributed by atoms with E-state index in [0.29, 0.717) is 0 Å². The predicted molar refractivity (Wildman–Crippen MR) is 63.8 cm³/mol. The van der Waals surface area contributed by atoms with Crippen molar-refractivity contribution in [1.82, 2.24) is 10.3 Å². The Kier molecular flexibility index (Phi) is 4.41. The zero-order chi connectivity index (χ0) is 13.9. The maximum Gasteiger partial charge on any atom is 0.326 e. The highest BCUT2D eigenvalue weighted by Crippen LogP contribution is 2.08. The molecule has 1 heterocycles. The van der Waals surface area contributed by atoms with Crippen molar-refractivity contribution in [3.8, 4) is 0 Å². The summed E-state index contributed by atoms with van der Waals surface area (Å²) in [5.41, 5.74) is 0.184. The van der Waals surface area contributed by atoms with E-state index in [1.807, 2.05) is 0 Å². The van der Waals surface area contributed by atoms with E-state index >= 15 is 0 Å². The third-order valence-corrected chi connectivity index (χ3v) is 2.69. The van der Waals surface area contributed by atoms with Crippen LogP contribution in [0.1, 0.15) is 26.7 Å². The van der Waals surface area contributed by atoms with Gasteiger partial charge in [0.15, 0.2) is 0 Å². The molecular weight excluding hydrogens is 238 g/mol. The Bertz CT molecular complexity index is 403. The van der Waals surface area contributed by atoms with Crippen molar-refractivity contribution in [3.63, 3.8) is 0 Å². The molecule has 0 aromatic heterocycles. The molecule has 0 bridgehead atoms. The second kappa shape index (κ2) is 5.61. The molecule has 1 aliphatic rings. The summed E-state index contributed by atoms with van der Waals surface area (Å²) < 4.78 is 0. The Morgan fingerprint density at radius 1 is 1.39 bits per heavy atom. The van der Waals surface area contributed by atoms with E-state index in [1.54, 1.807) is 13.8 Å². The van der Waals surface area contributed by atoms with Crippen LogP contribution in [-0.4, -0.2) is 46.7 Å². The summed E-state index contributed by atoms with van der Waals surface area (Å²) >= 11 is 0. The number of nitrogens with one attached hydrogen (secondary N) is 1. The third-order valence-electron chi connectivity index (χ3n) is 2.69. The van der Waals surface area contributed by atoms with Crippen LogP contribution in [0.4, 0.5) is 0 Å². The van der Waals surface area contributed by atoms with Gasteiger partial charge in [-0.15, -0.1) is 0 Å². The van der Waals surface area contributed by atoms with Gasteiger partial charge in [0, 0.05) is 19.9 Å². The fraction of sp³-hybridized carbons (Fsp3) is 0.636. The first-order valence-electron chi connectivity index (χ1n) is 5.70. The molecule has 1 rings (SSSR count). The van der Waals surface area contributed by atoms with Crippen LogP contribution in [-0.2, 0) is 14.4 Å². The Balaban J connectivity index is 2.74. The van der Waals surface area contributed by atoms with E-state index in [9.17, 15) is 14.4 Å². The molecule has 0 fully saturated rings. The SMILES string of the molecule is CC(C)C(NC(=O)C1=NN(C)C(=O)CC1)C(=O)O. The molecule has 100 valence electrons. The van der Waals surface area contributed by atoms with Gasteiger partial charge in [0.1, 0.15) is 11.8 Å². The lowest BCUT2D eigenvalue weighted by Crippen LogP contribution is -2.48. The highest BCUT2D eigenvalue weighted by atomic mass is 16.4. The van der Waals surface area contributed by atoms with Crippen LogP contribution < -0.4 is 5.32 Å². The summed E-state index contributed by atoms with van der Waals surface area (Å²) in [5, 5.41) is 16.3. The van der Waals surface area contributed by atoms with Crippen molar-refractivity contribution in [2.24, 2.45) is 11.0 Å². The average molecular weight is 255 g/mol. The zero-order valence-corrected chi connectivity index (χ0v) is 10.6. The van der Waals surface area contributed by atoms with Crippen molar-refractivity contribution in [1.29, 1.82) is 0 Å². The first-order valence-corrected chi connectivity index (χ1v) is 5.70. The van der Waals surface area contributed by atoms with Crippen LogP contribution in [0.5, 0.6) is 0 Å². The van der Waals surface area contributed by atoms with Crippen LogP contribution in [0, 0.1) is 5.92 Å². The number of rotatable bonds is 4. The lowest BCUT2D eigenvalue weighted by Gasteiger charge is -2.22. The summed E-state index contributed by atoms with van der Waals surface area (Å²) in [6.45, 7) is 3.41. The molecular formula is C11H17N3O4. The fourth-order valence-electron chi connectivity index (χ4n) is 1.57. The van der Waals surface area contributed by atoms with E-state index < -0.39 is 17.9 Å². The summed E-state index contributed by atoms with van der Waals surface area (Å²) in [6, 6.07) is -0.955. The van der Waals surface area contributed by atoms with Crippen LogP contribution >= 0.6 is 0 Å². The van der Waals surface area contributed by atoms with Gasteiger partial charge in [-0.1, -0.05) is 13.8 Å². The number of aliphatic carboxylic acids is 1. The highest BCUT2D eigenvalue weighted by Gasteiger charge is 2.28. The molecule has 1 unspecified atom stereocenters. The lowest BCUT2D eigenvalue weighted by atomic mass is 10.0. The molecule has 0 aromatic rings. The maximum atomic E-state index is 11.8. The van der Waals surface area contributed by atoms with Crippen LogP contribution in [0.25, 0.3) is 0 Å². The molecule has 7 heteroatoms. The number of hydrazone groups is 1. The molecule has 0 aliphatic carbocycles. The highest BCUT2D eigenvalue weighted by molar-refractivity contribution is 6.39. The van der Waals surface area contributed by atoms with Gasteiger partial charge in [0.2, 0.25) is 5.91 Å². The second-order valence-corrected chi connectivity index (χ2v) is 4.50. The summed E-state index contributed by atoms with van der Waals surface area (Å²) in [7, 11) is 1.46. The van der Waals surface area contributed by atoms with Gasteiger partial charge in [-0.25, -0.2) is 9.80 Å². The maximum absolute atomic E-state index is 11.8. The molecule has 2 N–H and O–H groups in total. The van der Waals surface area contributed by atoms with Crippen molar-refractivity contribution >= 4 is 23.5 Å². The fourth-order valence-corrected chi connectivity index (χ4v) is 1.57. The van der Waals surface area contributed by atoms with Crippen LogP contribution in [0.3, 0.4) is 0 Å². The lowest BCUT2D eigenvalue weighted by molar-refractivity contribution is -0.142. The van der Waals surface area contributed by atoms with E-state index in [2.05, 4.69) is 10.4 Å². The number of carboxylic acids is 1. The Hall–Kier alpha value is -1.92. The van der Waals surface area contributed by atoms with Crippen molar-refractivity contribution in [3.05, 3.63) is 0 Å². The van der Waals surface area contributed by atoms with Gasteiger partial charge >= 0.3 is 5.97 Å². The van der Waals surface area contributed by atoms with E-state index in [4.69, 9.17) is 5.11 Å². The predicted octanol–water partition coefficient (Wildman–Crippen LogP) is -0.180. The smallest absolute Gasteiger partial charge is 0.326 e. The number of carbonyl (C=O) groups is 3. The number of hydrogen-bond acceptors (Lipinski definition) is 4. The van der Waals surface area contributed by atoms with E-state index in [1.165, 1.54) is 7.05 Å². The minimum Gasteiger partial charge on any atom is -0.480 e. The van der Waals surface area contributed by atoms with Gasteiger partial charge in [-0.2, -0.15) is 5.10 Å². The molecule has 2 amide bonds. The van der Waals surface area contributed by atoms with Crippen molar-refractivity contribution < 1.29 is 19.5 Å². The minimum atomic E-state index is -1.08. The Labute approximate surface area is 105 Å². The summed E-state index contributed by atoms with van der Waals surface area (Å²) in [4.78, 5) is 34.0. The van der Waals surface area contributed by atoms with Gasteiger partial charge in [0.05, 0.1) is 0 Å². The monoisotopic (exact) mass is 255 g/mol. The molecule has 0 radical (unpaired) electrons. The first kappa shape index (κ1) is 14.1. The second-order valence-electron chi connectivity index (χ2n) is 4.50. The number of amides is 2. The molecule has 0 aromatic carbocycles. The standard InChI is InChI=1S/C11H17N3O4/c1-6(2)9(11(17)18)12-10(16)7-4-5-8(15)14(3)13-7/h6,9H,4-5H2,1-3H3,(H,12,16)(H,17,18). The quantitative estimate of drug-likeness (QED) is 0.727. The number of nitrogens with zero attached hydrogens (tertiary/aromatic N) is 2. The first-order chi connectivity index (χ1) is 8.32. The molecule has 0 saturated heterocycles. The third kappa shape index (κ3) is 3.28. The number of carboxylic acid groups (broad SMARTS) is 1. The minimum absolute atomic E-state index is 0.162. The van der Waals surface area contributed by atoms with E-state index in [-0.39, 0.29) is 30.4 Å². The van der Waals surface area contributed by atoms with Crippen LogP contribution in [0.15, 0.2) is 5.10 Å². The van der Waals surface area contributed by atoms with Gasteiger partial charge in [-0.05, 0) is 5.92 Å². The van der Waals surface area contributed by atoms with Crippen molar-refractivity contribution in [2.45, 2.75) is 32.7 Å². The topological polar surface area (TPSA) is 99.1 Å². The largest absolute Gasteiger partial charge is 0.480 e. The van der Waals surface area contributed by atoms with Gasteiger partial charge in [0.25, 0.3) is 5.91 Å². The Morgan fingerprint density at radius 3 is 2.44 bits per heavy atom. The molecule has 0 saturated carbocycles. The molecule has 18 heavy (non-hydrogen) atoms. The van der Waals surface area contributed by atoms with Gasteiger partial charge in [-0.3, -0.25) is 9.59 Å².